The lowest BCUT2D eigenvalue weighted by molar-refractivity contribution is -0.172. The summed E-state index contributed by atoms with van der Waals surface area (Å²) in [6.45, 7) is 4.84. The number of esters is 2. The van der Waals surface area contributed by atoms with Gasteiger partial charge in [0, 0.05) is 12.3 Å². The summed E-state index contributed by atoms with van der Waals surface area (Å²) in [7, 11) is 0. The number of phenolic OH excluding ortho intramolecular Hbond substituents is 1. The Kier molecular flexibility index (Phi) is 6.02. The molecule has 0 spiro atoms. The van der Waals surface area contributed by atoms with Crippen LogP contribution in [-0.4, -0.2) is 46.7 Å². The zero-order valence-electron chi connectivity index (χ0n) is 15.1. The fraction of sp³-hybridized carbons (Fsp3) is 0.526. The topological polar surface area (TPSA) is 110 Å². The second-order valence-corrected chi connectivity index (χ2v) is 6.58. The number of phenols is 1. The van der Waals surface area contributed by atoms with E-state index in [2.05, 4.69) is 0 Å². The molecule has 2 N–H and O–H groups in total. The van der Waals surface area contributed by atoms with Crippen molar-refractivity contribution in [2.75, 3.05) is 13.2 Å². The summed E-state index contributed by atoms with van der Waals surface area (Å²) in [5.74, 6) is -5.22. The average molecular weight is 364 g/mol. The number of ether oxygens (including phenoxy) is 2. The Balaban J connectivity index is 2.59. The van der Waals surface area contributed by atoms with Crippen molar-refractivity contribution in [3.63, 3.8) is 0 Å². The number of ketones is 1. The number of carbonyl (C=O) groups is 3. The van der Waals surface area contributed by atoms with E-state index >= 15 is 0 Å². The Morgan fingerprint density at radius 1 is 1.12 bits per heavy atom. The first-order chi connectivity index (χ1) is 12.2. The van der Waals surface area contributed by atoms with E-state index in [1.54, 1.807) is 13.8 Å². The van der Waals surface area contributed by atoms with Gasteiger partial charge in [0.1, 0.15) is 11.7 Å². The number of rotatable bonds is 5. The highest BCUT2D eigenvalue weighted by molar-refractivity contribution is 6.02. The van der Waals surface area contributed by atoms with Crippen molar-refractivity contribution in [3.05, 3.63) is 29.8 Å². The minimum atomic E-state index is -1.67. The van der Waals surface area contributed by atoms with Crippen molar-refractivity contribution in [3.8, 4) is 5.75 Å². The standard InChI is InChI=1S/C19H24O7/c1-4-25-17(22)15-13(21)10-19(3,24)16(18(23)26-5-2)14(15)11-6-8-12(20)9-7-11/h6-9,14-16,20,24H,4-5,10H2,1-3H3/t14-,15-,16+,19-/m0/s1. The first-order valence-corrected chi connectivity index (χ1v) is 8.60. The van der Waals surface area contributed by atoms with Crippen molar-refractivity contribution in [1.82, 2.24) is 0 Å². The van der Waals surface area contributed by atoms with E-state index in [4.69, 9.17) is 9.47 Å². The maximum absolute atomic E-state index is 12.6. The van der Waals surface area contributed by atoms with Crippen molar-refractivity contribution >= 4 is 17.7 Å². The minimum Gasteiger partial charge on any atom is -0.508 e. The molecule has 0 aliphatic heterocycles. The molecule has 0 unspecified atom stereocenters. The van der Waals surface area contributed by atoms with Crippen LogP contribution in [0.25, 0.3) is 0 Å². The SMILES string of the molecule is CCOC(=O)[C@H]1C(=O)C[C@](C)(O)[C@@H](C(=O)OCC)[C@H]1c1ccc(O)cc1. The molecule has 7 nitrogen and oxygen atoms in total. The molecule has 0 amide bonds. The third-order valence-electron chi connectivity index (χ3n) is 4.63. The van der Waals surface area contributed by atoms with Crippen LogP contribution in [0.3, 0.4) is 0 Å². The van der Waals surface area contributed by atoms with Gasteiger partial charge < -0.3 is 19.7 Å². The molecule has 2 rings (SSSR count). The van der Waals surface area contributed by atoms with Crippen LogP contribution in [-0.2, 0) is 23.9 Å². The molecule has 0 bridgehead atoms. The maximum Gasteiger partial charge on any atom is 0.317 e. The predicted molar refractivity (Wildman–Crippen MR) is 91.3 cm³/mol. The quantitative estimate of drug-likeness (QED) is 0.602. The second kappa shape index (κ2) is 7.86. The van der Waals surface area contributed by atoms with Crippen LogP contribution in [0.15, 0.2) is 24.3 Å². The van der Waals surface area contributed by atoms with Gasteiger partial charge in [-0.25, -0.2) is 0 Å². The van der Waals surface area contributed by atoms with Crippen LogP contribution in [0.4, 0.5) is 0 Å². The molecular formula is C19H24O7. The van der Waals surface area contributed by atoms with Gasteiger partial charge in [-0.05, 0) is 38.5 Å². The van der Waals surface area contributed by atoms with Crippen molar-refractivity contribution in [1.29, 1.82) is 0 Å². The fourth-order valence-corrected chi connectivity index (χ4v) is 3.58. The highest BCUT2D eigenvalue weighted by atomic mass is 16.5. The number of aliphatic hydroxyl groups is 1. The number of hydrogen-bond acceptors (Lipinski definition) is 7. The van der Waals surface area contributed by atoms with E-state index in [1.807, 2.05) is 0 Å². The van der Waals surface area contributed by atoms with Gasteiger partial charge in [0.05, 0.1) is 24.7 Å². The van der Waals surface area contributed by atoms with E-state index in [0.29, 0.717) is 5.56 Å². The molecule has 1 aromatic rings. The number of hydrogen-bond donors (Lipinski definition) is 2. The van der Waals surface area contributed by atoms with Crippen LogP contribution in [0.2, 0.25) is 0 Å². The zero-order chi connectivity index (χ0) is 19.5. The molecule has 1 fully saturated rings. The van der Waals surface area contributed by atoms with Crippen molar-refractivity contribution in [2.45, 2.75) is 38.7 Å². The van der Waals surface area contributed by atoms with Crippen LogP contribution in [0.5, 0.6) is 5.75 Å². The lowest BCUT2D eigenvalue weighted by Crippen LogP contribution is -2.55. The molecule has 1 aliphatic carbocycles. The molecule has 0 saturated heterocycles. The second-order valence-electron chi connectivity index (χ2n) is 6.58. The normalized spacial score (nSPS) is 28.5. The van der Waals surface area contributed by atoms with Gasteiger partial charge >= 0.3 is 11.9 Å². The smallest absolute Gasteiger partial charge is 0.317 e. The predicted octanol–water partition coefficient (Wildman–Crippen LogP) is 1.56. The lowest BCUT2D eigenvalue weighted by Gasteiger charge is -2.43. The summed E-state index contributed by atoms with van der Waals surface area (Å²) < 4.78 is 10.1. The number of Topliss-reactive ketones (excluding diaryl/α,β-unsaturated/α-hetero) is 1. The summed E-state index contributed by atoms with van der Waals surface area (Å²) in [6, 6.07) is 5.83. The van der Waals surface area contributed by atoms with Gasteiger partial charge in [0.25, 0.3) is 0 Å². The van der Waals surface area contributed by atoms with Crippen LogP contribution in [0.1, 0.15) is 38.7 Å². The minimum absolute atomic E-state index is 0.00279. The molecule has 0 radical (unpaired) electrons. The molecule has 26 heavy (non-hydrogen) atoms. The first-order valence-electron chi connectivity index (χ1n) is 8.60. The molecule has 7 heteroatoms. The van der Waals surface area contributed by atoms with E-state index in [-0.39, 0.29) is 25.4 Å². The zero-order valence-corrected chi connectivity index (χ0v) is 15.1. The Bertz CT molecular complexity index is 678. The summed E-state index contributed by atoms with van der Waals surface area (Å²) in [5.41, 5.74) is -1.21. The van der Waals surface area contributed by atoms with Gasteiger partial charge in [-0.2, -0.15) is 0 Å². The molecular weight excluding hydrogens is 340 g/mol. The Labute approximate surface area is 151 Å². The maximum atomic E-state index is 12.6. The van der Waals surface area contributed by atoms with Gasteiger partial charge in [-0.15, -0.1) is 0 Å². The summed E-state index contributed by atoms with van der Waals surface area (Å²) in [5, 5.41) is 20.3. The molecule has 4 atom stereocenters. The fourth-order valence-electron chi connectivity index (χ4n) is 3.58. The first kappa shape index (κ1) is 19.9. The van der Waals surface area contributed by atoms with Gasteiger partial charge in [0.15, 0.2) is 5.78 Å². The monoisotopic (exact) mass is 364 g/mol. The summed E-state index contributed by atoms with van der Waals surface area (Å²) in [4.78, 5) is 37.7. The number of benzene rings is 1. The van der Waals surface area contributed by atoms with Gasteiger partial charge in [-0.1, -0.05) is 12.1 Å². The molecule has 1 aliphatic rings. The molecule has 1 saturated carbocycles. The van der Waals surface area contributed by atoms with Gasteiger partial charge in [0.2, 0.25) is 0 Å². The molecule has 0 heterocycles. The van der Waals surface area contributed by atoms with Crippen molar-refractivity contribution < 1.29 is 34.1 Å². The van der Waals surface area contributed by atoms with E-state index < -0.39 is 41.1 Å². The molecule has 142 valence electrons. The molecule has 0 aromatic heterocycles. The highest BCUT2D eigenvalue weighted by Gasteiger charge is 2.57. The third kappa shape index (κ3) is 3.88. The van der Waals surface area contributed by atoms with Crippen LogP contribution < -0.4 is 0 Å². The largest absolute Gasteiger partial charge is 0.508 e. The Hall–Kier alpha value is -2.41. The summed E-state index contributed by atoms with van der Waals surface area (Å²) >= 11 is 0. The average Bonchev–Trinajstić information content (AvgIpc) is 2.54. The van der Waals surface area contributed by atoms with E-state index in [0.717, 1.165) is 0 Å². The molecule has 1 aromatic carbocycles. The van der Waals surface area contributed by atoms with Crippen molar-refractivity contribution in [2.24, 2.45) is 11.8 Å². The third-order valence-corrected chi connectivity index (χ3v) is 4.63. The van der Waals surface area contributed by atoms with Gasteiger partial charge in [-0.3, -0.25) is 14.4 Å². The number of aromatic hydroxyl groups is 1. The van der Waals surface area contributed by atoms with E-state index in [9.17, 15) is 24.6 Å². The summed E-state index contributed by atoms with van der Waals surface area (Å²) in [6.07, 6.45) is -0.353. The Morgan fingerprint density at radius 3 is 2.19 bits per heavy atom. The lowest BCUT2D eigenvalue weighted by atomic mass is 9.61. The Morgan fingerprint density at radius 2 is 1.65 bits per heavy atom. The highest BCUT2D eigenvalue weighted by Crippen LogP contribution is 2.46. The van der Waals surface area contributed by atoms with E-state index in [1.165, 1.54) is 31.2 Å². The van der Waals surface area contributed by atoms with Crippen LogP contribution >= 0.6 is 0 Å². The number of carbonyl (C=O) groups excluding carboxylic acids is 3. The van der Waals surface area contributed by atoms with Crippen LogP contribution in [0, 0.1) is 11.8 Å².